The molecule has 6 heteroatoms. The zero-order valence-corrected chi connectivity index (χ0v) is 15.3. The maximum atomic E-state index is 13.0. The summed E-state index contributed by atoms with van der Waals surface area (Å²) in [4.78, 5) is 13.7. The molecule has 0 bridgehead atoms. The maximum Gasteiger partial charge on any atom is 0.243 e. The minimum atomic E-state index is -3.58. The van der Waals surface area contributed by atoms with Gasteiger partial charge in [0.15, 0.2) is 0 Å². The summed E-state index contributed by atoms with van der Waals surface area (Å²) < 4.78 is 27.6. The Balaban J connectivity index is 1.92. The van der Waals surface area contributed by atoms with Gasteiger partial charge in [0.25, 0.3) is 0 Å². The van der Waals surface area contributed by atoms with E-state index >= 15 is 0 Å². The van der Waals surface area contributed by atoms with Crippen LogP contribution in [0, 0.1) is 0 Å². The van der Waals surface area contributed by atoms with Gasteiger partial charge in [-0.1, -0.05) is 37.3 Å². The summed E-state index contributed by atoms with van der Waals surface area (Å²) in [5, 5.41) is 0. The number of nitrogens with zero attached hydrogens (tertiary/aromatic N) is 2. The van der Waals surface area contributed by atoms with Gasteiger partial charge in [0.05, 0.1) is 4.90 Å². The number of amides is 1. The average Bonchev–Trinajstić information content (AvgIpc) is 2.63. The quantitative estimate of drug-likeness (QED) is 0.826. The lowest BCUT2D eigenvalue weighted by atomic mass is 10.0. The fraction of sp³-hybridized carbons (Fsp3) is 0.316. The van der Waals surface area contributed by atoms with E-state index in [-0.39, 0.29) is 10.8 Å². The summed E-state index contributed by atoms with van der Waals surface area (Å²) in [5.41, 5.74) is 2.65. The largest absolute Gasteiger partial charge is 0.315 e. The fourth-order valence-electron chi connectivity index (χ4n) is 3.10. The third-order valence-electron chi connectivity index (χ3n) is 4.59. The number of aryl methyl sites for hydroxylation is 1. The Morgan fingerprint density at radius 2 is 1.80 bits per heavy atom. The van der Waals surface area contributed by atoms with Crippen molar-refractivity contribution in [2.45, 2.75) is 31.2 Å². The standard InChI is InChI=1S/C19H22N2O3S/c1-3-21(14-15-7-5-4-6-8-15)25(23,24)17-10-11-18-16(13-17)9-12-19(22)20(18)2/h4-8,10-11,13H,3,9,12,14H2,1-2H3. The van der Waals surface area contributed by atoms with Crippen LogP contribution in [-0.2, 0) is 27.8 Å². The highest BCUT2D eigenvalue weighted by Crippen LogP contribution is 2.30. The topological polar surface area (TPSA) is 57.7 Å². The number of rotatable bonds is 5. The molecule has 132 valence electrons. The van der Waals surface area contributed by atoms with Crippen molar-refractivity contribution in [2.24, 2.45) is 0 Å². The van der Waals surface area contributed by atoms with Crippen molar-refractivity contribution in [1.82, 2.24) is 4.31 Å². The molecule has 1 amide bonds. The molecule has 2 aromatic carbocycles. The van der Waals surface area contributed by atoms with Crippen LogP contribution >= 0.6 is 0 Å². The van der Waals surface area contributed by atoms with Crippen LogP contribution in [0.2, 0.25) is 0 Å². The van der Waals surface area contributed by atoms with Gasteiger partial charge in [-0.2, -0.15) is 4.31 Å². The van der Waals surface area contributed by atoms with Gasteiger partial charge in [-0.25, -0.2) is 8.42 Å². The molecule has 2 aromatic rings. The van der Waals surface area contributed by atoms with E-state index in [1.807, 2.05) is 37.3 Å². The summed E-state index contributed by atoms with van der Waals surface area (Å²) in [6.07, 6.45) is 0.987. The molecule has 5 nitrogen and oxygen atoms in total. The van der Waals surface area contributed by atoms with E-state index < -0.39 is 10.0 Å². The number of hydrogen-bond donors (Lipinski definition) is 0. The number of anilines is 1. The van der Waals surface area contributed by atoms with Crippen molar-refractivity contribution in [1.29, 1.82) is 0 Å². The highest BCUT2D eigenvalue weighted by atomic mass is 32.2. The monoisotopic (exact) mass is 358 g/mol. The SMILES string of the molecule is CCN(Cc1ccccc1)S(=O)(=O)c1ccc2c(c1)CCC(=O)N2C. The first-order valence-electron chi connectivity index (χ1n) is 8.37. The van der Waals surface area contributed by atoms with Crippen molar-refractivity contribution in [3.8, 4) is 0 Å². The van der Waals surface area contributed by atoms with Crippen LogP contribution in [0.5, 0.6) is 0 Å². The molecule has 0 atom stereocenters. The smallest absolute Gasteiger partial charge is 0.243 e. The third kappa shape index (κ3) is 3.45. The summed E-state index contributed by atoms with van der Waals surface area (Å²) in [6, 6.07) is 14.6. The van der Waals surface area contributed by atoms with Gasteiger partial charge in [0.1, 0.15) is 0 Å². The van der Waals surface area contributed by atoms with E-state index in [1.165, 1.54) is 4.31 Å². The first kappa shape index (κ1) is 17.6. The molecule has 0 unspecified atom stereocenters. The number of fused-ring (bicyclic) bond motifs is 1. The molecule has 0 fully saturated rings. The molecule has 1 aliphatic rings. The third-order valence-corrected chi connectivity index (χ3v) is 6.50. The van der Waals surface area contributed by atoms with Crippen molar-refractivity contribution >= 4 is 21.6 Å². The molecular weight excluding hydrogens is 336 g/mol. The maximum absolute atomic E-state index is 13.0. The number of carbonyl (C=O) groups excluding carboxylic acids is 1. The Kier molecular flexibility index (Phi) is 4.92. The fourth-order valence-corrected chi connectivity index (χ4v) is 4.58. The molecule has 0 aromatic heterocycles. The summed E-state index contributed by atoms with van der Waals surface area (Å²) in [7, 11) is -1.86. The van der Waals surface area contributed by atoms with Gasteiger partial charge in [-0.3, -0.25) is 4.79 Å². The highest BCUT2D eigenvalue weighted by Gasteiger charge is 2.27. The van der Waals surface area contributed by atoms with Crippen LogP contribution < -0.4 is 4.90 Å². The second kappa shape index (κ2) is 6.98. The molecule has 1 aliphatic heterocycles. The van der Waals surface area contributed by atoms with Gasteiger partial charge in [0, 0.05) is 32.2 Å². The second-order valence-corrected chi connectivity index (χ2v) is 8.10. The van der Waals surface area contributed by atoms with E-state index in [2.05, 4.69) is 0 Å². The van der Waals surface area contributed by atoms with Gasteiger partial charge in [-0.05, 0) is 35.7 Å². The minimum absolute atomic E-state index is 0.0577. The van der Waals surface area contributed by atoms with E-state index in [0.29, 0.717) is 25.9 Å². The second-order valence-electron chi connectivity index (χ2n) is 6.16. The van der Waals surface area contributed by atoms with E-state index in [4.69, 9.17) is 0 Å². The van der Waals surface area contributed by atoms with Crippen LogP contribution in [0.15, 0.2) is 53.4 Å². The predicted octanol–water partition coefficient (Wildman–Crippen LogP) is 2.81. The van der Waals surface area contributed by atoms with Crippen LogP contribution in [0.3, 0.4) is 0 Å². The zero-order valence-electron chi connectivity index (χ0n) is 14.5. The van der Waals surface area contributed by atoms with Crippen molar-refractivity contribution in [2.75, 3.05) is 18.5 Å². The first-order chi connectivity index (χ1) is 11.9. The molecule has 0 spiro atoms. The molecule has 1 heterocycles. The predicted molar refractivity (Wildman–Crippen MR) is 97.9 cm³/mol. The van der Waals surface area contributed by atoms with Crippen molar-refractivity contribution in [3.05, 3.63) is 59.7 Å². The summed E-state index contributed by atoms with van der Waals surface area (Å²) >= 11 is 0. The number of hydrogen-bond acceptors (Lipinski definition) is 3. The lowest BCUT2D eigenvalue weighted by Crippen LogP contribution is -2.32. The average molecular weight is 358 g/mol. The lowest BCUT2D eigenvalue weighted by Gasteiger charge is -2.27. The normalized spacial score (nSPS) is 14.7. The van der Waals surface area contributed by atoms with Crippen molar-refractivity contribution < 1.29 is 13.2 Å². The Labute approximate surface area is 148 Å². The molecule has 0 radical (unpaired) electrons. The van der Waals surface area contributed by atoms with Gasteiger partial charge in [0.2, 0.25) is 15.9 Å². The Hall–Kier alpha value is -2.18. The molecule has 0 saturated heterocycles. The molecular formula is C19H22N2O3S. The molecule has 3 rings (SSSR count). The molecule has 0 aliphatic carbocycles. The van der Waals surface area contributed by atoms with E-state index in [9.17, 15) is 13.2 Å². The highest BCUT2D eigenvalue weighted by molar-refractivity contribution is 7.89. The Morgan fingerprint density at radius 3 is 2.48 bits per heavy atom. The lowest BCUT2D eigenvalue weighted by molar-refractivity contribution is -0.118. The van der Waals surface area contributed by atoms with Crippen LogP contribution in [0.1, 0.15) is 24.5 Å². The van der Waals surface area contributed by atoms with Gasteiger partial charge >= 0.3 is 0 Å². The van der Waals surface area contributed by atoms with Gasteiger partial charge in [-0.15, -0.1) is 0 Å². The summed E-state index contributed by atoms with van der Waals surface area (Å²) in [5.74, 6) is 0.0577. The van der Waals surface area contributed by atoms with E-state index in [0.717, 1.165) is 16.8 Å². The number of carbonyl (C=O) groups is 1. The van der Waals surface area contributed by atoms with Crippen molar-refractivity contribution in [3.63, 3.8) is 0 Å². The Morgan fingerprint density at radius 1 is 1.08 bits per heavy atom. The molecule has 0 saturated carbocycles. The van der Waals surface area contributed by atoms with E-state index in [1.54, 1.807) is 30.1 Å². The summed E-state index contributed by atoms with van der Waals surface area (Å²) in [6.45, 7) is 2.58. The number of benzene rings is 2. The Bertz CT molecular complexity index is 879. The van der Waals surface area contributed by atoms with Crippen LogP contribution in [0.25, 0.3) is 0 Å². The van der Waals surface area contributed by atoms with Crippen LogP contribution in [0.4, 0.5) is 5.69 Å². The zero-order chi connectivity index (χ0) is 18.0. The molecule has 0 N–H and O–H groups in total. The molecule has 25 heavy (non-hydrogen) atoms. The number of sulfonamides is 1. The first-order valence-corrected chi connectivity index (χ1v) is 9.81. The van der Waals surface area contributed by atoms with Crippen LogP contribution in [-0.4, -0.2) is 32.2 Å². The van der Waals surface area contributed by atoms with Gasteiger partial charge < -0.3 is 4.90 Å². The minimum Gasteiger partial charge on any atom is -0.315 e.